The lowest BCUT2D eigenvalue weighted by molar-refractivity contribution is -0.115. The Morgan fingerprint density at radius 3 is 2.75 bits per heavy atom. The summed E-state index contributed by atoms with van der Waals surface area (Å²) in [4.78, 5) is 14.1. The van der Waals surface area contributed by atoms with Gasteiger partial charge in [0.2, 0.25) is 5.78 Å². The third kappa shape index (κ3) is 2.05. The smallest absolute Gasteiger partial charge is 0.323 e. The average molecular weight is 210 g/mol. The van der Waals surface area contributed by atoms with E-state index in [9.17, 15) is 4.79 Å². The second kappa shape index (κ2) is 4.51. The molecule has 0 aliphatic heterocycles. The predicted molar refractivity (Wildman–Crippen MR) is 62.3 cm³/mol. The van der Waals surface area contributed by atoms with Gasteiger partial charge in [0.15, 0.2) is 0 Å². The third-order valence-corrected chi connectivity index (χ3v) is 2.45. The minimum Gasteiger partial charge on any atom is -0.361 e. The van der Waals surface area contributed by atoms with Gasteiger partial charge in [-0.1, -0.05) is 42.5 Å². The first-order valence-electron chi connectivity index (χ1n) is 4.98. The fourth-order valence-electron chi connectivity index (χ4n) is 1.74. The van der Waals surface area contributed by atoms with Crippen LogP contribution in [0.4, 0.5) is 0 Å². The molecule has 78 valence electrons. The number of rotatable bonds is 3. The zero-order chi connectivity index (χ0) is 11.4. The molecule has 0 heterocycles. The van der Waals surface area contributed by atoms with Gasteiger partial charge in [0.05, 0.1) is 0 Å². The minimum atomic E-state index is -0.209. The van der Waals surface area contributed by atoms with Crippen LogP contribution in [0.15, 0.2) is 42.5 Å². The lowest BCUT2D eigenvalue weighted by Crippen LogP contribution is -2.04. The van der Waals surface area contributed by atoms with E-state index in [4.69, 9.17) is 5.53 Å². The van der Waals surface area contributed by atoms with Gasteiger partial charge in [0.25, 0.3) is 0 Å². The largest absolute Gasteiger partial charge is 0.361 e. The van der Waals surface area contributed by atoms with Crippen molar-refractivity contribution in [1.29, 1.82) is 0 Å². The minimum absolute atomic E-state index is 0.209. The van der Waals surface area contributed by atoms with Crippen molar-refractivity contribution in [2.24, 2.45) is 0 Å². The van der Waals surface area contributed by atoms with E-state index in [0.717, 1.165) is 22.6 Å². The van der Waals surface area contributed by atoms with Gasteiger partial charge in [-0.15, -0.1) is 0 Å². The highest BCUT2D eigenvalue weighted by atomic mass is 16.1. The van der Waals surface area contributed by atoms with E-state index >= 15 is 0 Å². The molecule has 0 aliphatic rings. The number of benzene rings is 2. The van der Waals surface area contributed by atoms with Gasteiger partial charge < -0.3 is 5.53 Å². The van der Waals surface area contributed by atoms with E-state index < -0.39 is 0 Å². The van der Waals surface area contributed by atoms with E-state index in [1.165, 1.54) is 0 Å². The van der Waals surface area contributed by atoms with E-state index in [2.05, 4.69) is 4.79 Å². The number of Topliss-reactive ketones (excluding diaryl/α,β-unsaturated/α-hetero) is 1. The van der Waals surface area contributed by atoms with Gasteiger partial charge in [-0.2, -0.15) is 4.79 Å². The molecule has 3 heteroatoms. The quantitative estimate of drug-likeness (QED) is 0.435. The predicted octanol–water partition coefficient (Wildman–Crippen LogP) is 2.25. The van der Waals surface area contributed by atoms with E-state index in [1.54, 1.807) is 0 Å². The maximum Gasteiger partial charge on any atom is 0.323 e. The monoisotopic (exact) mass is 210 g/mol. The molecule has 0 aliphatic carbocycles. The zero-order valence-corrected chi connectivity index (χ0v) is 8.63. The molecule has 16 heavy (non-hydrogen) atoms. The Morgan fingerprint density at radius 1 is 1.19 bits per heavy atom. The number of fused-ring (bicyclic) bond motifs is 1. The van der Waals surface area contributed by atoms with Crippen LogP contribution in [0.25, 0.3) is 16.3 Å². The van der Waals surface area contributed by atoms with Gasteiger partial charge in [0, 0.05) is 6.42 Å². The first kappa shape index (κ1) is 10.3. The first-order valence-corrected chi connectivity index (χ1v) is 4.98. The Labute approximate surface area is 93.0 Å². The number of nitrogens with zero attached hydrogens (tertiary/aromatic N) is 2. The van der Waals surface area contributed by atoms with Gasteiger partial charge in [-0.05, 0) is 16.3 Å². The highest BCUT2D eigenvalue weighted by Crippen LogP contribution is 2.18. The molecular weight excluding hydrogens is 200 g/mol. The van der Waals surface area contributed by atoms with Gasteiger partial charge in [-0.3, -0.25) is 4.79 Å². The van der Waals surface area contributed by atoms with Crippen LogP contribution in [0.3, 0.4) is 0 Å². The zero-order valence-electron chi connectivity index (χ0n) is 8.63. The molecule has 0 radical (unpaired) electrons. The molecule has 0 spiro atoms. The van der Waals surface area contributed by atoms with Crippen LogP contribution in [0.1, 0.15) is 5.56 Å². The fraction of sp³-hybridized carbons (Fsp3) is 0.0769. The number of hydrogen-bond acceptors (Lipinski definition) is 1. The molecule has 2 rings (SSSR count). The summed E-state index contributed by atoms with van der Waals surface area (Å²) in [6.45, 7) is 0. The van der Waals surface area contributed by atoms with Gasteiger partial charge >= 0.3 is 6.21 Å². The van der Waals surface area contributed by atoms with Crippen molar-refractivity contribution >= 4 is 22.8 Å². The molecule has 0 saturated carbocycles. The highest BCUT2D eigenvalue weighted by Gasteiger charge is 2.07. The van der Waals surface area contributed by atoms with Gasteiger partial charge in [0.1, 0.15) is 0 Å². The molecule has 0 unspecified atom stereocenters. The number of carbonyl (C=O) groups excluding carboxylic acids is 1. The van der Waals surface area contributed by atoms with Crippen molar-refractivity contribution in [3.8, 4) is 0 Å². The van der Waals surface area contributed by atoms with Crippen LogP contribution in [0, 0.1) is 0 Å². The van der Waals surface area contributed by atoms with E-state index in [1.807, 2.05) is 42.5 Å². The Hall–Kier alpha value is -2.25. The molecule has 0 N–H and O–H groups in total. The van der Waals surface area contributed by atoms with Crippen LogP contribution in [-0.4, -0.2) is 16.8 Å². The molecule has 0 saturated heterocycles. The van der Waals surface area contributed by atoms with Crippen molar-refractivity contribution in [3.63, 3.8) is 0 Å². The number of hydrogen-bond donors (Lipinski definition) is 0. The highest BCUT2D eigenvalue weighted by molar-refractivity contribution is 6.26. The average Bonchev–Trinajstić information content (AvgIpc) is 2.30. The van der Waals surface area contributed by atoms with Crippen molar-refractivity contribution in [3.05, 3.63) is 53.6 Å². The lowest BCUT2D eigenvalue weighted by Gasteiger charge is -2.02. The summed E-state index contributed by atoms with van der Waals surface area (Å²) in [6.07, 6.45) is 1.19. The second-order valence-corrected chi connectivity index (χ2v) is 3.53. The van der Waals surface area contributed by atoms with Crippen LogP contribution < -0.4 is 0 Å². The SMILES string of the molecule is [N-]=[N+]=CC(=O)Cc1cccc2ccccc12. The summed E-state index contributed by atoms with van der Waals surface area (Å²) in [5.74, 6) is -0.209. The van der Waals surface area contributed by atoms with Crippen molar-refractivity contribution in [2.45, 2.75) is 6.42 Å². The van der Waals surface area contributed by atoms with Crippen molar-refractivity contribution in [1.82, 2.24) is 0 Å². The normalized spacial score (nSPS) is 9.75. The molecule has 0 aromatic heterocycles. The van der Waals surface area contributed by atoms with Crippen LogP contribution in [-0.2, 0) is 11.2 Å². The third-order valence-electron chi connectivity index (χ3n) is 2.45. The molecule has 2 aromatic rings. The summed E-state index contributed by atoms with van der Waals surface area (Å²) in [7, 11) is 0. The standard InChI is InChI=1S/C13H10N2O/c14-15-9-12(16)8-11-6-3-5-10-4-1-2-7-13(10)11/h1-7,9H,8H2. The van der Waals surface area contributed by atoms with Crippen molar-refractivity contribution in [2.75, 3.05) is 0 Å². The van der Waals surface area contributed by atoms with Gasteiger partial charge in [-0.25, -0.2) is 0 Å². The topological polar surface area (TPSA) is 53.5 Å². The summed E-state index contributed by atoms with van der Waals surface area (Å²) in [5.41, 5.74) is 9.22. The van der Waals surface area contributed by atoms with Crippen LogP contribution in [0.5, 0.6) is 0 Å². The molecule has 3 nitrogen and oxygen atoms in total. The number of carbonyl (C=O) groups is 1. The van der Waals surface area contributed by atoms with Crippen LogP contribution in [0.2, 0.25) is 0 Å². The van der Waals surface area contributed by atoms with E-state index in [0.29, 0.717) is 0 Å². The van der Waals surface area contributed by atoms with Crippen LogP contribution >= 0.6 is 0 Å². The van der Waals surface area contributed by atoms with Crippen molar-refractivity contribution < 1.29 is 9.58 Å². The maximum absolute atomic E-state index is 11.3. The summed E-state index contributed by atoms with van der Waals surface area (Å²) in [6, 6.07) is 13.7. The maximum atomic E-state index is 11.3. The summed E-state index contributed by atoms with van der Waals surface area (Å²) >= 11 is 0. The Kier molecular flexibility index (Phi) is 2.90. The molecule has 0 amide bonds. The summed E-state index contributed by atoms with van der Waals surface area (Å²) in [5, 5.41) is 2.17. The molecule has 0 bridgehead atoms. The molecule has 0 atom stereocenters. The second-order valence-electron chi connectivity index (χ2n) is 3.53. The lowest BCUT2D eigenvalue weighted by atomic mass is 10.0. The molecule has 0 fully saturated rings. The fourth-order valence-corrected chi connectivity index (χ4v) is 1.74. The molecule has 2 aromatic carbocycles. The summed E-state index contributed by atoms with van der Waals surface area (Å²) < 4.78 is 0. The Morgan fingerprint density at radius 2 is 1.94 bits per heavy atom. The Balaban J connectivity index is 2.44. The van der Waals surface area contributed by atoms with E-state index in [-0.39, 0.29) is 12.2 Å². The number of ketones is 1. The Bertz CT molecular complexity index is 578. The first-order chi connectivity index (χ1) is 7.81. The molecular formula is C13H10N2O.